The van der Waals surface area contributed by atoms with Gasteiger partial charge in [-0.25, -0.2) is 19.5 Å². The molecule has 1 atom stereocenters. The maximum absolute atomic E-state index is 13.3. The van der Waals surface area contributed by atoms with Crippen molar-refractivity contribution in [1.29, 1.82) is 0 Å². The summed E-state index contributed by atoms with van der Waals surface area (Å²) in [7, 11) is 0. The molecule has 4 aromatic heterocycles. The number of benzene rings is 1. The first-order valence-electron chi connectivity index (χ1n) is 8.79. The highest BCUT2D eigenvalue weighted by molar-refractivity contribution is 6.35. The third-order valence-corrected chi connectivity index (χ3v) is 4.90. The van der Waals surface area contributed by atoms with Crippen LogP contribution < -0.4 is 10.9 Å². The summed E-state index contributed by atoms with van der Waals surface area (Å²) in [6.45, 7) is 1.88. The minimum Gasteiger partial charge on any atom is -0.459 e. The average Bonchev–Trinajstić information content (AvgIpc) is 3.40. The predicted octanol–water partition coefficient (Wildman–Crippen LogP) is 3.47. The lowest BCUT2D eigenvalue weighted by Gasteiger charge is -2.19. The van der Waals surface area contributed by atoms with Crippen molar-refractivity contribution in [3.05, 3.63) is 70.3 Å². The highest BCUT2D eigenvalue weighted by atomic mass is 35.5. The molecule has 0 radical (unpaired) electrons. The van der Waals surface area contributed by atoms with Crippen molar-refractivity contribution in [2.45, 2.75) is 13.0 Å². The van der Waals surface area contributed by atoms with E-state index in [2.05, 4.69) is 25.5 Å². The molecule has 0 unspecified atom stereocenters. The van der Waals surface area contributed by atoms with Crippen molar-refractivity contribution >= 4 is 39.4 Å². The van der Waals surface area contributed by atoms with E-state index in [0.29, 0.717) is 44.5 Å². The van der Waals surface area contributed by atoms with Gasteiger partial charge in [-0.1, -0.05) is 17.7 Å². The summed E-state index contributed by atoms with van der Waals surface area (Å²) in [6.07, 6.45) is 4.56. The summed E-state index contributed by atoms with van der Waals surface area (Å²) in [6, 6.07) is 8.22. The van der Waals surface area contributed by atoms with E-state index in [1.807, 2.05) is 6.92 Å². The second kappa shape index (κ2) is 6.71. The summed E-state index contributed by atoms with van der Waals surface area (Å²) in [5, 5.41) is 10.7. The van der Waals surface area contributed by atoms with E-state index >= 15 is 0 Å². The monoisotopic (exact) mass is 407 g/mol. The number of H-pyrrole nitrogens is 1. The number of hydrogen-bond donors (Lipinski definition) is 2. The molecule has 5 aromatic rings. The normalized spacial score (nSPS) is 12.5. The Bertz CT molecular complexity index is 1390. The maximum atomic E-state index is 13.3. The standard InChI is InChI=1S/C19H14ClN7O2/c1-10(24-17-16-13(6-8-29-16)21-9-22-17)18-25-12-4-2-3-11(20)15(12)19(28)27(18)14-5-7-23-26-14/h2-10H,1H3,(H,23,26)(H,21,22,24)/t10-/m0/s1. The van der Waals surface area contributed by atoms with Crippen molar-refractivity contribution < 1.29 is 4.42 Å². The van der Waals surface area contributed by atoms with Crippen LogP contribution >= 0.6 is 11.6 Å². The third kappa shape index (κ3) is 2.83. The molecule has 29 heavy (non-hydrogen) atoms. The quantitative estimate of drug-likeness (QED) is 0.468. The van der Waals surface area contributed by atoms with Gasteiger partial charge in [-0.3, -0.25) is 9.89 Å². The lowest BCUT2D eigenvalue weighted by molar-refractivity contribution is 0.612. The first kappa shape index (κ1) is 17.4. The van der Waals surface area contributed by atoms with Gasteiger partial charge in [0.15, 0.2) is 11.4 Å². The van der Waals surface area contributed by atoms with Gasteiger partial charge in [0, 0.05) is 12.1 Å². The first-order chi connectivity index (χ1) is 14.1. The Kier molecular flexibility index (Phi) is 4.02. The molecule has 0 aliphatic heterocycles. The highest BCUT2D eigenvalue weighted by Gasteiger charge is 2.21. The summed E-state index contributed by atoms with van der Waals surface area (Å²) < 4.78 is 6.95. The molecule has 0 saturated carbocycles. The molecule has 0 aliphatic carbocycles. The molecule has 0 saturated heterocycles. The van der Waals surface area contributed by atoms with Gasteiger partial charge in [-0.2, -0.15) is 5.10 Å². The van der Waals surface area contributed by atoms with Crippen LogP contribution in [0.25, 0.3) is 27.8 Å². The maximum Gasteiger partial charge on any atom is 0.268 e. The van der Waals surface area contributed by atoms with Crippen molar-refractivity contribution in [2.24, 2.45) is 0 Å². The molecule has 0 amide bonds. The van der Waals surface area contributed by atoms with E-state index in [0.717, 1.165) is 0 Å². The van der Waals surface area contributed by atoms with E-state index < -0.39 is 6.04 Å². The van der Waals surface area contributed by atoms with Crippen LogP contribution in [-0.4, -0.2) is 29.7 Å². The van der Waals surface area contributed by atoms with Gasteiger partial charge in [0.1, 0.15) is 23.5 Å². The van der Waals surface area contributed by atoms with Crippen LogP contribution in [-0.2, 0) is 0 Å². The molecular formula is C19H14ClN7O2. The van der Waals surface area contributed by atoms with E-state index in [1.165, 1.54) is 10.9 Å². The molecule has 0 spiro atoms. The fourth-order valence-electron chi connectivity index (χ4n) is 3.26. The number of halogens is 1. The average molecular weight is 408 g/mol. The Morgan fingerprint density at radius 2 is 2.10 bits per heavy atom. The molecule has 9 nitrogen and oxygen atoms in total. The molecular weight excluding hydrogens is 394 g/mol. The number of furan rings is 1. The number of aromatic amines is 1. The van der Waals surface area contributed by atoms with E-state index in [-0.39, 0.29) is 5.56 Å². The SMILES string of the molecule is C[C@H](Nc1ncnc2ccoc12)c1nc2cccc(Cl)c2c(=O)n1-c1ccn[nH]1. The fourth-order valence-corrected chi connectivity index (χ4v) is 3.51. The topological polar surface area (TPSA) is 115 Å². The molecule has 5 rings (SSSR count). The second-order valence-corrected chi connectivity index (χ2v) is 6.82. The third-order valence-electron chi connectivity index (χ3n) is 4.58. The Balaban J connectivity index is 1.70. The summed E-state index contributed by atoms with van der Waals surface area (Å²) in [5.41, 5.74) is 1.42. The van der Waals surface area contributed by atoms with Gasteiger partial charge < -0.3 is 9.73 Å². The number of nitrogens with one attached hydrogen (secondary N) is 2. The molecule has 0 bridgehead atoms. The van der Waals surface area contributed by atoms with Crippen molar-refractivity contribution in [1.82, 2.24) is 29.7 Å². The minimum absolute atomic E-state index is 0.292. The number of anilines is 1. The number of rotatable bonds is 4. The molecule has 144 valence electrons. The zero-order valence-electron chi connectivity index (χ0n) is 15.1. The van der Waals surface area contributed by atoms with Crippen LogP contribution in [0, 0.1) is 0 Å². The number of nitrogens with zero attached hydrogens (tertiary/aromatic N) is 5. The summed E-state index contributed by atoms with van der Waals surface area (Å²) in [5.74, 6) is 1.45. The van der Waals surface area contributed by atoms with Crippen LogP contribution in [0.2, 0.25) is 5.02 Å². The van der Waals surface area contributed by atoms with Gasteiger partial charge in [-0.15, -0.1) is 0 Å². The van der Waals surface area contributed by atoms with Crippen LogP contribution in [0.5, 0.6) is 0 Å². The molecule has 10 heteroatoms. The zero-order valence-corrected chi connectivity index (χ0v) is 15.9. The molecule has 2 N–H and O–H groups in total. The molecule has 0 aliphatic rings. The van der Waals surface area contributed by atoms with Gasteiger partial charge in [0.05, 0.1) is 34.4 Å². The highest BCUT2D eigenvalue weighted by Crippen LogP contribution is 2.26. The largest absolute Gasteiger partial charge is 0.459 e. The Morgan fingerprint density at radius 1 is 1.21 bits per heavy atom. The molecule has 4 heterocycles. The van der Waals surface area contributed by atoms with Crippen LogP contribution in [0.1, 0.15) is 18.8 Å². The first-order valence-corrected chi connectivity index (χ1v) is 9.17. The fraction of sp³-hybridized carbons (Fsp3) is 0.105. The smallest absolute Gasteiger partial charge is 0.268 e. The number of hydrogen-bond acceptors (Lipinski definition) is 7. The van der Waals surface area contributed by atoms with Gasteiger partial charge in [0.25, 0.3) is 5.56 Å². The van der Waals surface area contributed by atoms with Crippen LogP contribution in [0.4, 0.5) is 5.82 Å². The van der Waals surface area contributed by atoms with E-state index in [9.17, 15) is 4.79 Å². The Labute approximate surface area is 168 Å². The van der Waals surface area contributed by atoms with Crippen LogP contribution in [0.3, 0.4) is 0 Å². The van der Waals surface area contributed by atoms with Crippen LogP contribution in [0.15, 0.2) is 58.3 Å². The number of aromatic nitrogens is 6. The van der Waals surface area contributed by atoms with Gasteiger partial charge >= 0.3 is 0 Å². The lowest BCUT2D eigenvalue weighted by atomic mass is 10.2. The lowest BCUT2D eigenvalue weighted by Crippen LogP contribution is -2.28. The Morgan fingerprint density at radius 3 is 2.93 bits per heavy atom. The molecule has 1 aromatic carbocycles. The van der Waals surface area contributed by atoms with Gasteiger partial charge in [0.2, 0.25) is 0 Å². The van der Waals surface area contributed by atoms with Gasteiger partial charge in [-0.05, 0) is 19.1 Å². The zero-order chi connectivity index (χ0) is 20.0. The summed E-state index contributed by atoms with van der Waals surface area (Å²) in [4.78, 5) is 26.5. The second-order valence-electron chi connectivity index (χ2n) is 6.41. The molecule has 0 fully saturated rings. The predicted molar refractivity (Wildman–Crippen MR) is 108 cm³/mol. The number of fused-ring (bicyclic) bond motifs is 2. The van der Waals surface area contributed by atoms with Crippen molar-refractivity contribution in [3.8, 4) is 5.82 Å². The minimum atomic E-state index is -0.405. The van der Waals surface area contributed by atoms with E-state index in [1.54, 1.807) is 42.8 Å². The Hall–Kier alpha value is -3.72. The van der Waals surface area contributed by atoms with E-state index in [4.69, 9.17) is 21.0 Å². The van der Waals surface area contributed by atoms with Crippen molar-refractivity contribution in [2.75, 3.05) is 5.32 Å². The summed E-state index contributed by atoms with van der Waals surface area (Å²) >= 11 is 6.29. The van der Waals surface area contributed by atoms with Crippen molar-refractivity contribution in [3.63, 3.8) is 0 Å².